The maximum atomic E-state index is 11.1. The van der Waals surface area contributed by atoms with E-state index in [2.05, 4.69) is 0 Å². The van der Waals surface area contributed by atoms with Crippen LogP contribution in [0.5, 0.6) is 11.5 Å². The zero-order valence-corrected chi connectivity index (χ0v) is 12.2. The molecule has 23 heavy (non-hydrogen) atoms. The number of rotatable bonds is 4. The van der Waals surface area contributed by atoms with Crippen molar-refractivity contribution in [1.29, 1.82) is 0 Å². The number of aryl methyl sites for hydroxylation is 1. The van der Waals surface area contributed by atoms with Gasteiger partial charge in [-0.05, 0) is 63.8 Å². The molecule has 1 aliphatic heterocycles. The van der Waals surface area contributed by atoms with Gasteiger partial charge in [-0.15, -0.1) is 0 Å². The Bertz CT molecular complexity index is 1270. The van der Waals surface area contributed by atoms with Crippen molar-refractivity contribution < 1.29 is 37.3 Å². The molecular weight excluding hydrogens is 284 g/mol. The molecule has 126 valence electrons. The summed E-state index contributed by atoms with van der Waals surface area (Å²) in [6, 6.07) is 1.25. The highest BCUT2D eigenvalue weighted by molar-refractivity contribution is 5.53. The Morgan fingerprint density at radius 1 is 1.39 bits per heavy atom. The van der Waals surface area contributed by atoms with Gasteiger partial charge in [-0.1, -0.05) is 31.2 Å². The molecule has 2 aliphatic rings. The number of hydrogen-bond acceptors (Lipinski definition) is 2. The lowest BCUT2D eigenvalue weighted by atomic mass is 9.68. The SMILES string of the molecule is [2H]C([2H])([2H])C1=C[C@H]2c3c(O)cc(C([2H])([2H])C([2H])([2H])C([2H])([2H])C([2H])([2H])C([2H])([2H])[2H])cc3OC(C([2H])([2H])[2H])(C([2H])([2H])[2H])[C@@H]2CC1. The maximum absolute atomic E-state index is 11.1. The standard InChI is InChI=1S/C21H30O2/c1-5-6-7-8-15-12-18(22)20-16-11-14(2)9-10-17(16)21(3,4)23-19(20)13-15/h11-13,16-17,22H,5-10H2,1-4H3/t16-,17-/m1/s1/i1D3,2D3,3D3,4D3,5D2,6D2,7D2,8D2. The summed E-state index contributed by atoms with van der Waals surface area (Å²) in [4.78, 5) is 0. The van der Waals surface area contributed by atoms with Crippen LogP contribution in [0.1, 0.15) is 104 Å². The van der Waals surface area contributed by atoms with Crippen LogP contribution in [0.15, 0.2) is 23.8 Å². The van der Waals surface area contributed by atoms with Crippen molar-refractivity contribution in [2.24, 2.45) is 5.92 Å². The minimum atomic E-state index is -4.05. The van der Waals surface area contributed by atoms with Gasteiger partial charge < -0.3 is 9.84 Å². The van der Waals surface area contributed by atoms with E-state index in [0.717, 1.165) is 6.08 Å². The van der Waals surface area contributed by atoms with Crippen molar-refractivity contribution in [3.05, 3.63) is 34.9 Å². The number of allylic oxidation sites excluding steroid dienone is 2. The summed E-state index contributed by atoms with van der Waals surface area (Å²) in [5.74, 6) is -4.48. The molecule has 1 aromatic carbocycles. The number of ether oxygens (including phenoxy) is 1. The molecule has 2 atom stereocenters. The van der Waals surface area contributed by atoms with E-state index in [1.165, 1.54) is 0 Å². The summed E-state index contributed by atoms with van der Waals surface area (Å²) in [5, 5.41) is 11.1. The molecule has 0 spiro atoms. The molecule has 0 saturated heterocycles. The van der Waals surface area contributed by atoms with Gasteiger partial charge in [0.05, 0.1) is 0 Å². The van der Waals surface area contributed by atoms with E-state index in [1.807, 2.05) is 0 Å². The highest BCUT2D eigenvalue weighted by Gasteiger charge is 2.45. The molecule has 1 N–H and O–H groups in total. The highest BCUT2D eigenvalue weighted by atomic mass is 16.5. The minimum absolute atomic E-state index is 0.151. The van der Waals surface area contributed by atoms with Crippen LogP contribution in [0.3, 0.4) is 0 Å². The third-order valence-corrected chi connectivity index (χ3v) is 4.12. The molecule has 1 aliphatic carbocycles. The summed E-state index contributed by atoms with van der Waals surface area (Å²) in [6.07, 6.45) is -15.0. The molecule has 0 bridgehead atoms. The third kappa shape index (κ3) is 3.13. The maximum Gasteiger partial charge on any atom is 0.127 e. The number of aromatic hydroxyl groups is 1. The lowest BCUT2D eigenvalue weighted by Crippen LogP contribution is -2.45. The molecule has 2 nitrogen and oxygen atoms in total. The second kappa shape index (κ2) is 6.22. The Balaban J connectivity index is 2.37. The number of fused-ring (bicyclic) bond motifs is 3. The highest BCUT2D eigenvalue weighted by Crippen LogP contribution is 2.53. The van der Waals surface area contributed by atoms with Crippen LogP contribution in [0.25, 0.3) is 0 Å². The molecule has 0 aromatic heterocycles. The van der Waals surface area contributed by atoms with Crippen LogP contribution >= 0.6 is 0 Å². The lowest BCUT2D eigenvalue weighted by molar-refractivity contribution is 0.0107. The van der Waals surface area contributed by atoms with Crippen molar-refractivity contribution in [1.82, 2.24) is 0 Å². The molecule has 0 amide bonds. The van der Waals surface area contributed by atoms with Crippen molar-refractivity contribution in [3.63, 3.8) is 0 Å². The fraction of sp³-hybridized carbons (Fsp3) is 0.619. The predicted octanol–water partition coefficient (Wildman–Crippen LogP) is 5.74. The van der Waals surface area contributed by atoms with Gasteiger partial charge in [-0.3, -0.25) is 0 Å². The van der Waals surface area contributed by atoms with Gasteiger partial charge in [0.25, 0.3) is 0 Å². The van der Waals surface area contributed by atoms with E-state index in [-0.39, 0.29) is 24.0 Å². The lowest BCUT2D eigenvalue weighted by Gasteiger charge is -2.46. The van der Waals surface area contributed by atoms with Crippen molar-refractivity contribution in [3.8, 4) is 11.5 Å². The average molecular weight is 335 g/mol. The normalized spacial score (nSPS) is 42.7. The smallest absolute Gasteiger partial charge is 0.127 e. The van der Waals surface area contributed by atoms with Crippen LogP contribution < -0.4 is 4.74 Å². The molecule has 1 heterocycles. The quantitative estimate of drug-likeness (QED) is 0.712. The minimum Gasteiger partial charge on any atom is -0.507 e. The van der Waals surface area contributed by atoms with E-state index in [0.29, 0.717) is 12.1 Å². The molecule has 2 heteroatoms. The summed E-state index contributed by atoms with van der Waals surface area (Å²) >= 11 is 0. The van der Waals surface area contributed by atoms with Crippen molar-refractivity contribution in [2.75, 3.05) is 0 Å². The van der Waals surface area contributed by atoms with Gasteiger partial charge in [0.15, 0.2) is 0 Å². The summed E-state index contributed by atoms with van der Waals surface area (Å²) < 4.78 is 166. The first-order chi connectivity index (χ1) is 18.8. The van der Waals surface area contributed by atoms with E-state index >= 15 is 0 Å². The fourth-order valence-corrected chi connectivity index (χ4v) is 3.13. The van der Waals surface area contributed by atoms with Crippen molar-refractivity contribution >= 4 is 0 Å². The molecule has 0 saturated carbocycles. The number of phenols is 1. The summed E-state index contributed by atoms with van der Waals surface area (Å²) in [7, 11) is 0. The molecule has 1 aromatic rings. The first-order valence-corrected chi connectivity index (χ1v) is 7.08. The van der Waals surface area contributed by atoms with E-state index in [1.54, 1.807) is 0 Å². The largest absolute Gasteiger partial charge is 0.507 e. The molecule has 3 rings (SSSR count). The Hall–Kier alpha value is -1.44. The van der Waals surface area contributed by atoms with Crippen molar-refractivity contribution in [2.45, 2.75) is 77.3 Å². The fourth-order valence-electron chi connectivity index (χ4n) is 3.13. The summed E-state index contributed by atoms with van der Waals surface area (Å²) in [6.45, 7) is -13.2. The van der Waals surface area contributed by atoms with Crippen LogP contribution in [0.2, 0.25) is 0 Å². The second-order valence-corrected chi connectivity index (χ2v) is 5.61. The van der Waals surface area contributed by atoms with E-state index in [4.69, 9.17) is 32.2 Å². The Morgan fingerprint density at radius 3 is 3.09 bits per heavy atom. The van der Waals surface area contributed by atoms with Crippen LogP contribution in [0, 0.1) is 5.92 Å². The summed E-state index contributed by atoms with van der Waals surface area (Å²) in [5.41, 5.74) is -4.44. The Labute approximate surface area is 168 Å². The van der Waals surface area contributed by atoms with Gasteiger partial charge in [-0.25, -0.2) is 0 Å². The second-order valence-electron chi connectivity index (χ2n) is 5.61. The van der Waals surface area contributed by atoms with Gasteiger partial charge in [0.1, 0.15) is 17.1 Å². The molecule has 0 fully saturated rings. The van der Waals surface area contributed by atoms with Gasteiger partial charge in [0.2, 0.25) is 0 Å². The molecular formula is C21H30O2. The number of phenolic OH excluding ortho intramolecular Hbond substituents is 1. The van der Waals surface area contributed by atoms with Gasteiger partial charge in [-0.2, -0.15) is 0 Å². The first kappa shape index (κ1) is 4.80. The van der Waals surface area contributed by atoms with Crippen LogP contribution in [-0.2, 0) is 6.37 Å². The van der Waals surface area contributed by atoms with Crippen LogP contribution in [0.4, 0.5) is 0 Å². The Morgan fingerprint density at radius 2 is 2.30 bits per heavy atom. The Kier molecular flexibility index (Phi) is 1.30. The van der Waals surface area contributed by atoms with Crippen LogP contribution in [-0.4, -0.2) is 10.7 Å². The zero-order chi connectivity index (χ0) is 33.8. The zero-order valence-electron chi connectivity index (χ0n) is 32.2. The predicted molar refractivity (Wildman–Crippen MR) is 95.3 cm³/mol. The molecule has 0 unspecified atom stereocenters. The first-order valence-electron chi connectivity index (χ1n) is 17.1. The van der Waals surface area contributed by atoms with E-state index in [9.17, 15) is 5.11 Å². The van der Waals surface area contributed by atoms with Gasteiger partial charge in [0, 0.05) is 44.8 Å². The average Bonchev–Trinajstić information content (AvgIpc) is 2.79. The van der Waals surface area contributed by atoms with E-state index < -0.39 is 87.4 Å². The molecule has 0 radical (unpaired) electrons. The van der Waals surface area contributed by atoms with Gasteiger partial charge >= 0.3 is 0 Å². The number of benzene rings is 1. The topological polar surface area (TPSA) is 29.5 Å². The monoisotopic (exact) mass is 334 g/mol. The third-order valence-electron chi connectivity index (χ3n) is 4.12. The number of hydrogen-bond donors (Lipinski definition) is 1.